The number of carbonyl (C=O) groups excluding carboxylic acids is 1. The summed E-state index contributed by atoms with van der Waals surface area (Å²) >= 11 is 0. The van der Waals surface area contributed by atoms with E-state index in [1.54, 1.807) is 6.92 Å². The third-order valence-electron chi connectivity index (χ3n) is 2.01. The van der Waals surface area contributed by atoms with Crippen LogP contribution in [-0.4, -0.2) is 58.6 Å². The van der Waals surface area contributed by atoms with Crippen LogP contribution in [0.15, 0.2) is 0 Å². The van der Waals surface area contributed by atoms with Crippen LogP contribution in [0, 0.1) is 0 Å². The molecule has 0 rings (SSSR count). The number of likely N-dealkylation sites (N-methyl/N-ethyl adjacent to an activating group) is 1. The quantitative estimate of drug-likeness (QED) is 0.557. The van der Waals surface area contributed by atoms with Gasteiger partial charge in [0.2, 0.25) is 5.91 Å². The zero-order chi connectivity index (χ0) is 14.9. The third-order valence-corrected chi connectivity index (χ3v) is 2.01. The SMILES string of the molecule is CC.CCC(=O)NCC(F)COCCOCCNC. The fraction of sp³-hybridized carbons (Fsp3) is 0.923. The molecule has 1 amide bonds. The highest BCUT2D eigenvalue weighted by Crippen LogP contribution is 1.91. The first-order valence-corrected chi connectivity index (χ1v) is 6.91. The molecular formula is C13H29FN2O3. The van der Waals surface area contributed by atoms with Crippen molar-refractivity contribution in [2.45, 2.75) is 33.4 Å². The van der Waals surface area contributed by atoms with Crippen molar-refractivity contribution in [3.63, 3.8) is 0 Å². The molecule has 0 aliphatic carbocycles. The second-order valence-corrected chi connectivity index (χ2v) is 3.55. The van der Waals surface area contributed by atoms with Gasteiger partial charge in [-0.05, 0) is 7.05 Å². The van der Waals surface area contributed by atoms with Gasteiger partial charge >= 0.3 is 0 Å². The van der Waals surface area contributed by atoms with Crippen LogP contribution in [0.3, 0.4) is 0 Å². The standard InChI is InChI=1S/C11H23FN2O3.C2H6/c1-3-11(15)14-8-10(12)9-17-7-6-16-5-4-13-2;1-2/h10,13H,3-9H2,1-2H3,(H,14,15);1-2H3. The summed E-state index contributed by atoms with van der Waals surface area (Å²) in [5.74, 6) is -0.150. The summed E-state index contributed by atoms with van der Waals surface area (Å²) in [6, 6.07) is 0. The van der Waals surface area contributed by atoms with Crippen LogP contribution < -0.4 is 10.6 Å². The number of hydrogen-bond donors (Lipinski definition) is 2. The fourth-order valence-electron chi connectivity index (χ4n) is 1.01. The van der Waals surface area contributed by atoms with Crippen LogP contribution in [0.1, 0.15) is 27.2 Å². The molecule has 0 radical (unpaired) electrons. The second-order valence-electron chi connectivity index (χ2n) is 3.55. The highest BCUT2D eigenvalue weighted by Gasteiger charge is 2.07. The summed E-state index contributed by atoms with van der Waals surface area (Å²) in [7, 11) is 1.85. The molecule has 0 aromatic heterocycles. The van der Waals surface area contributed by atoms with Crippen LogP contribution in [0.25, 0.3) is 0 Å². The lowest BCUT2D eigenvalue weighted by molar-refractivity contribution is -0.121. The smallest absolute Gasteiger partial charge is 0.219 e. The van der Waals surface area contributed by atoms with Gasteiger partial charge in [-0.25, -0.2) is 4.39 Å². The Kier molecular flexibility index (Phi) is 18.7. The van der Waals surface area contributed by atoms with Crippen LogP contribution in [0.5, 0.6) is 0 Å². The minimum Gasteiger partial charge on any atom is -0.378 e. The molecule has 0 fully saturated rings. The minimum absolute atomic E-state index is 0.00723. The molecule has 1 unspecified atom stereocenters. The van der Waals surface area contributed by atoms with Gasteiger partial charge in [0.15, 0.2) is 0 Å². The summed E-state index contributed by atoms with van der Waals surface area (Å²) in [4.78, 5) is 10.8. The maximum absolute atomic E-state index is 13.1. The summed E-state index contributed by atoms with van der Waals surface area (Å²) in [5, 5.41) is 5.41. The van der Waals surface area contributed by atoms with Crippen molar-refractivity contribution in [1.29, 1.82) is 0 Å². The monoisotopic (exact) mass is 280 g/mol. The molecule has 6 heteroatoms. The van der Waals surface area contributed by atoms with E-state index in [1.807, 2.05) is 20.9 Å². The lowest BCUT2D eigenvalue weighted by Crippen LogP contribution is -2.32. The number of ether oxygens (including phenoxy) is 2. The lowest BCUT2D eigenvalue weighted by atomic mass is 10.4. The molecule has 0 heterocycles. The van der Waals surface area contributed by atoms with Gasteiger partial charge in [0.05, 0.1) is 33.0 Å². The van der Waals surface area contributed by atoms with Crippen molar-refractivity contribution < 1.29 is 18.7 Å². The molecule has 0 bridgehead atoms. The van der Waals surface area contributed by atoms with E-state index < -0.39 is 6.17 Å². The largest absolute Gasteiger partial charge is 0.378 e. The molecule has 5 nitrogen and oxygen atoms in total. The first kappa shape index (κ1) is 20.6. The molecule has 116 valence electrons. The lowest BCUT2D eigenvalue weighted by Gasteiger charge is -2.10. The van der Waals surface area contributed by atoms with Crippen LogP contribution >= 0.6 is 0 Å². The van der Waals surface area contributed by atoms with Gasteiger partial charge in [-0.1, -0.05) is 20.8 Å². The van der Waals surface area contributed by atoms with Crippen LogP contribution in [0.2, 0.25) is 0 Å². The number of hydrogen-bond acceptors (Lipinski definition) is 4. The Bertz CT molecular complexity index is 195. The number of amides is 1. The van der Waals surface area contributed by atoms with E-state index in [-0.39, 0.29) is 19.1 Å². The predicted molar refractivity (Wildman–Crippen MR) is 75.1 cm³/mol. The molecule has 0 saturated heterocycles. The Morgan fingerprint density at radius 1 is 1.21 bits per heavy atom. The zero-order valence-electron chi connectivity index (χ0n) is 12.6. The number of nitrogens with one attached hydrogen (secondary N) is 2. The average molecular weight is 280 g/mol. The van der Waals surface area contributed by atoms with Gasteiger partial charge in [-0.2, -0.15) is 0 Å². The van der Waals surface area contributed by atoms with Gasteiger partial charge in [0, 0.05) is 13.0 Å². The van der Waals surface area contributed by atoms with E-state index in [9.17, 15) is 9.18 Å². The topological polar surface area (TPSA) is 59.6 Å². The van der Waals surface area contributed by atoms with Crippen molar-refractivity contribution in [3.8, 4) is 0 Å². The van der Waals surface area contributed by atoms with Gasteiger partial charge in [-0.3, -0.25) is 4.79 Å². The molecule has 0 aliphatic heterocycles. The fourth-order valence-corrected chi connectivity index (χ4v) is 1.01. The van der Waals surface area contributed by atoms with Crippen LogP contribution in [-0.2, 0) is 14.3 Å². The predicted octanol–water partition coefficient (Wildman–Crippen LogP) is 1.13. The molecule has 0 spiro atoms. The molecule has 0 aromatic carbocycles. The Morgan fingerprint density at radius 2 is 1.84 bits per heavy atom. The highest BCUT2D eigenvalue weighted by atomic mass is 19.1. The summed E-state index contributed by atoms with van der Waals surface area (Å²) in [6.07, 6.45) is -0.796. The van der Waals surface area contributed by atoms with Crippen molar-refractivity contribution in [2.75, 3.05) is 46.6 Å². The second kappa shape index (κ2) is 17.3. The number of alkyl halides is 1. The first-order chi connectivity index (χ1) is 9.20. The van der Waals surface area contributed by atoms with E-state index >= 15 is 0 Å². The summed E-state index contributed by atoms with van der Waals surface area (Å²) in [6.45, 7) is 7.94. The van der Waals surface area contributed by atoms with Crippen molar-refractivity contribution in [3.05, 3.63) is 0 Å². The minimum atomic E-state index is -1.16. The Morgan fingerprint density at radius 3 is 2.42 bits per heavy atom. The molecule has 0 aliphatic rings. The van der Waals surface area contributed by atoms with E-state index in [4.69, 9.17) is 9.47 Å². The van der Waals surface area contributed by atoms with Crippen molar-refractivity contribution in [2.24, 2.45) is 0 Å². The molecule has 1 atom stereocenters. The third kappa shape index (κ3) is 17.3. The average Bonchev–Trinajstić information content (AvgIpc) is 2.45. The molecule has 2 N–H and O–H groups in total. The van der Waals surface area contributed by atoms with E-state index in [0.717, 1.165) is 6.54 Å². The van der Waals surface area contributed by atoms with E-state index in [1.165, 1.54) is 0 Å². The normalized spacial score (nSPS) is 11.4. The maximum Gasteiger partial charge on any atom is 0.219 e. The molecule has 19 heavy (non-hydrogen) atoms. The highest BCUT2D eigenvalue weighted by molar-refractivity contribution is 5.75. The molecular weight excluding hydrogens is 251 g/mol. The first-order valence-electron chi connectivity index (χ1n) is 6.91. The summed E-state index contributed by atoms with van der Waals surface area (Å²) in [5.41, 5.74) is 0. The van der Waals surface area contributed by atoms with Gasteiger partial charge < -0.3 is 20.1 Å². The van der Waals surface area contributed by atoms with Crippen molar-refractivity contribution >= 4 is 5.91 Å². The Hall–Kier alpha value is -0.720. The van der Waals surface area contributed by atoms with E-state index in [2.05, 4.69) is 10.6 Å². The Labute approximate surface area is 116 Å². The molecule has 0 aromatic rings. The number of halogens is 1. The number of rotatable bonds is 11. The van der Waals surface area contributed by atoms with E-state index in [0.29, 0.717) is 26.2 Å². The summed E-state index contributed by atoms with van der Waals surface area (Å²) < 4.78 is 23.4. The maximum atomic E-state index is 13.1. The van der Waals surface area contributed by atoms with Gasteiger partial charge in [0.25, 0.3) is 0 Å². The Balaban J connectivity index is 0. The van der Waals surface area contributed by atoms with Gasteiger partial charge in [0.1, 0.15) is 6.17 Å². The van der Waals surface area contributed by atoms with Gasteiger partial charge in [-0.15, -0.1) is 0 Å². The molecule has 0 saturated carbocycles. The van der Waals surface area contributed by atoms with Crippen molar-refractivity contribution in [1.82, 2.24) is 10.6 Å². The zero-order valence-corrected chi connectivity index (χ0v) is 12.6. The number of carbonyl (C=O) groups is 1. The van der Waals surface area contributed by atoms with Crippen LogP contribution in [0.4, 0.5) is 4.39 Å².